The van der Waals surface area contributed by atoms with Crippen LogP contribution >= 0.6 is 0 Å². The van der Waals surface area contributed by atoms with Gasteiger partial charge in [0.25, 0.3) is 5.91 Å². The first-order chi connectivity index (χ1) is 18.7. The summed E-state index contributed by atoms with van der Waals surface area (Å²) in [5, 5.41) is 38.1. The zero-order chi connectivity index (χ0) is 27.6. The van der Waals surface area contributed by atoms with E-state index in [0.717, 1.165) is 31.2 Å². The molecule has 1 saturated carbocycles. The average molecular weight is 532 g/mol. The van der Waals surface area contributed by atoms with Crippen molar-refractivity contribution in [2.75, 3.05) is 11.9 Å². The highest BCUT2D eigenvalue weighted by molar-refractivity contribution is 6.00. The van der Waals surface area contributed by atoms with Crippen molar-refractivity contribution in [2.24, 2.45) is 0 Å². The van der Waals surface area contributed by atoms with Crippen molar-refractivity contribution in [2.45, 2.75) is 63.4 Å². The van der Waals surface area contributed by atoms with Crippen LogP contribution in [0.4, 0.5) is 10.1 Å². The van der Waals surface area contributed by atoms with Crippen LogP contribution in [0.2, 0.25) is 0 Å². The molecule has 4 aromatic rings. The molecule has 0 unspecified atom stereocenters. The maximum atomic E-state index is 14.3. The van der Waals surface area contributed by atoms with Crippen LogP contribution in [0.25, 0.3) is 16.9 Å². The van der Waals surface area contributed by atoms with E-state index < -0.39 is 17.7 Å². The molecule has 5 rings (SSSR count). The van der Waals surface area contributed by atoms with E-state index in [1.807, 2.05) is 12.1 Å². The molecule has 0 bridgehead atoms. The van der Waals surface area contributed by atoms with Crippen molar-refractivity contribution in [1.82, 2.24) is 34.9 Å². The molecule has 4 aromatic heterocycles. The third-order valence-electron chi connectivity index (χ3n) is 7.07. The first kappa shape index (κ1) is 26.2. The molecule has 0 spiro atoms. The summed E-state index contributed by atoms with van der Waals surface area (Å²) >= 11 is 0. The number of carbonyl (C=O) groups is 1. The fraction of sp³-hybridized carbons (Fsp3) is 0.407. The predicted octanol–water partition coefficient (Wildman–Crippen LogP) is 3.29. The number of alkyl halides is 1. The Morgan fingerprint density at radius 1 is 1.18 bits per heavy atom. The second kappa shape index (κ2) is 10.8. The topological polar surface area (TPSA) is 146 Å². The van der Waals surface area contributed by atoms with Gasteiger partial charge in [-0.1, -0.05) is 0 Å². The molecule has 1 aliphatic carbocycles. The molecule has 39 heavy (non-hydrogen) atoms. The van der Waals surface area contributed by atoms with Crippen LogP contribution in [0.3, 0.4) is 0 Å². The van der Waals surface area contributed by atoms with Crippen molar-refractivity contribution >= 4 is 17.1 Å². The maximum absolute atomic E-state index is 14.3. The van der Waals surface area contributed by atoms with E-state index in [2.05, 4.69) is 37.0 Å². The number of amides is 1. The molecule has 0 aliphatic heterocycles. The van der Waals surface area contributed by atoms with Crippen LogP contribution < -0.4 is 10.6 Å². The lowest BCUT2D eigenvalue weighted by Gasteiger charge is -2.30. The Morgan fingerprint density at radius 2 is 1.92 bits per heavy atom. The molecule has 202 valence electrons. The van der Waals surface area contributed by atoms with Crippen LogP contribution in [0, 0.1) is 11.3 Å². The predicted molar refractivity (Wildman–Crippen MR) is 142 cm³/mol. The molecule has 4 heterocycles. The number of rotatable bonds is 8. The van der Waals surface area contributed by atoms with Gasteiger partial charge in [-0.3, -0.25) is 9.78 Å². The number of halogens is 1. The van der Waals surface area contributed by atoms with Crippen molar-refractivity contribution < 1.29 is 14.3 Å². The second-order valence-corrected chi connectivity index (χ2v) is 10.4. The number of hydrogen-bond donors (Lipinski definition) is 3. The summed E-state index contributed by atoms with van der Waals surface area (Å²) in [6.07, 6.45) is 8.14. The second-order valence-electron chi connectivity index (χ2n) is 10.4. The van der Waals surface area contributed by atoms with Crippen LogP contribution in [0.1, 0.15) is 61.5 Å². The third kappa shape index (κ3) is 5.73. The van der Waals surface area contributed by atoms with E-state index >= 15 is 0 Å². The summed E-state index contributed by atoms with van der Waals surface area (Å²) < 4.78 is 16.0. The average Bonchev–Trinajstić information content (AvgIpc) is 3.61. The fourth-order valence-corrected chi connectivity index (χ4v) is 4.76. The lowest BCUT2D eigenvalue weighted by atomic mass is 9.91. The number of anilines is 1. The molecule has 1 aliphatic rings. The molecule has 0 radical (unpaired) electrons. The minimum atomic E-state index is -1.63. The molecule has 1 atom stereocenters. The Labute approximate surface area is 224 Å². The van der Waals surface area contributed by atoms with Gasteiger partial charge in [0.15, 0.2) is 0 Å². The molecule has 0 saturated heterocycles. The molecule has 3 N–H and O–H groups in total. The number of aliphatic hydroxyl groups is 1. The maximum Gasteiger partial charge on any atom is 0.255 e. The quantitative estimate of drug-likeness (QED) is 0.314. The van der Waals surface area contributed by atoms with Gasteiger partial charge >= 0.3 is 0 Å². The summed E-state index contributed by atoms with van der Waals surface area (Å²) in [4.78, 5) is 19.4. The summed E-state index contributed by atoms with van der Waals surface area (Å²) in [5.41, 5.74) is 1.75. The standard InChI is InChI=1S/C27H30FN9O2/c1-27(2,39)25(28)16-31-26(38)21-15-30-23(24-8-7-20-11-17(13-29)14-34-36(20)24)12-22(21)35-18-3-5-19(6-4-18)37-32-9-10-33-37/h7-12,14-15,18-19,25,39H,3-6,16H2,1-2H3,(H,30,35)(H,31,38)/t18-,19-,25-/m1/s1. The Kier molecular flexibility index (Phi) is 7.26. The molecular weight excluding hydrogens is 501 g/mol. The zero-order valence-electron chi connectivity index (χ0n) is 21.8. The zero-order valence-corrected chi connectivity index (χ0v) is 21.8. The van der Waals surface area contributed by atoms with Crippen molar-refractivity contribution in [3.05, 3.63) is 60.2 Å². The van der Waals surface area contributed by atoms with Gasteiger partial charge in [-0.05, 0) is 63.8 Å². The van der Waals surface area contributed by atoms with Crippen molar-refractivity contribution in [1.29, 1.82) is 5.26 Å². The number of fused-ring (bicyclic) bond motifs is 1. The number of nitrogens with one attached hydrogen (secondary N) is 2. The van der Waals surface area contributed by atoms with Gasteiger partial charge in [0.1, 0.15) is 12.2 Å². The molecule has 1 amide bonds. The number of nitriles is 1. The third-order valence-corrected chi connectivity index (χ3v) is 7.07. The first-order valence-corrected chi connectivity index (χ1v) is 12.9. The van der Waals surface area contributed by atoms with Gasteiger partial charge in [-0.25, -0.2) is 8.91 Å². The molecule has 0 aromatic carbocycles. The Morgan fingerprint density at radius 3 is 2.62 bits per heavy atom. The van der Waals surface area contributed by atoms with Gasteiger partial charge in [0.2, 0.25) is 0 Å². The van der Waals surface area contributed by atoms with Gasteiger partial charge in [0, 0.05) is 12.2 Å². The van der Waals surface area contributed by atoms with Gasteiger partial charge in [-0.2, -0.15) is 25.4 Å². The monoisotopic (exact) mass is 531 g/mol. The number of pyridine rings is 1. The number of nitrogens with zero attached hydrogens (tertiary/aromatic N) is 7. The highest BCUT2D eigenvalue weighted by Crippen LogP contribution is 2.31. The number of hydrogen-bond acceptors (Lipinski definition) is 8. The van der Waals surface area contributed by atoms with E-state index in [9.17, 15) is 19.6 Å². The summed E-state index contributed by atoms with van der Waals surface area (Å²) in [6.45, 7) is 2.38. The van der Waals surface area contributed by atoms with Crippen LogP contribution in [0.5, 0.6) is 0 Å². The van der Waals surface area contributed by atoms with E-state index in [4.69, 9.17) is 0 Å². The number of aromatic nitrogens is 6. The minimum Gasteiger partial charge on any atom is -0.387 e. The lowest BCUT2D eigenvalue weighted by Crippen LogP contribution is -2.42. The normalized spacial score (nSPS) is 18.4. The van der Waals surface area contributed by atoms with Gasteiger partial charge in [0.05, 0.1) is 70.5 Å². The largest absolute Gasteiger partial charge is 0.387 e. The van der Waals surface area contributed by atoms with Crippen LogP contribution in [0.15, 0.2) is 49.1 Å². The summed E-state index contributed by atoms with van der Waals surface area (Å²) in [5.74, 6) is -0.491. The van der Waals surface area contributed by atoms with Gasteiger partial charge < -0.3 is 15.7 Å². The van der Waals surface area contributed by atoms with E-state index in [1.54, 1.807) is 33.8 Å². The highest BCUT2D eigenvalue weighted by Gasteiger charge is 2.28. The Bertz CT molecular complexity index is 1500. The summed E-state index contributed by atoms with van der Waals surface area (Å²) in [7, 11) is 0. The van der Waals surface area contributed by atoms with E-state index in [1.165, 1.54) is 26.2 Å². The van der Waals surface area contributed by atoms with Crippen LogP contribution in [-0.2, 0) is 0 Å². The van der Waals surface area contributed by atoms with Crippen molar-refractivity contribution in [3.8, 4) is 17.5 Å². The van der Waals surface area contributed by atoms with Crippen molar-refractivity contribution in [3.63, 3.8) is 0 Å². The smallest absolute Gasteiger partial charge is 0.255 e. The summed E-state index contributed by atoms with van der Waals surface area (Å²) in [6, 6.07) is 9.65. The highest BCUT2D eigenvalue weighted by atomic mass is 19.1. The van der Waals surface area contributed by atoms with E-state index in [-0.39, 0.29) is 24.2 Å². The molecule has 1 fully saturated rings. The fourth-order valence-electron chi connectivity index (χ4n) is 4.76. The van der Waals surface area contributed by atoms with Gasteiger partial charge in [-0.15, -0.1) is 0 Å². The number of carbonyl (C=O) groups excluding carboxylic acids is 1. The first-order valence-electron chi connectivity index (χ1n) is 12.9. The molecular formula is C27H30FN9O2. The Hall–Kier alpha value is -4.37. The van der Waals surface area contributed by atoms with E-state index in [0.29, 0.717) is 22.6 Å². The Balaban J connectivity index is 1.41. The minimum absolute atomic E-state index is 0.101. The molecule has 12 heteroatoms. The molecule has 11 nitrogen and oxygen atoms in total. The van der Waals surface area contributed by atoms with Crippen LogP contribution in [-0.4, -0.2) is 65.0 Å². The lowest BCUT2D eigenvalue weighted by molar-refractivity contribution is -0.00177. The SMILES string of the molecule is CC(C)(O)[C@H](F)CNC(=O)c1cnc(-c2ccc3cc(C#N)cnn23)cc1N[C@H]1CC[C@H](n2nccn2)CC1.